The molecule has 31 heavy (non-hydrogen) atoms. The lowest BCUT2D eigenvalue weighted by Crippen LogP contribution is -2.41. The van der Waals surface area contributed by atoms with Crippen molar-refractivity contribution in [3.05, 3.63) is 35.4 Å². The second-order valence-electron chi connectivity index (χ2n) is 8.87. The summed E-state index contributed by atoms with van der Waals surface area (Å²) < 4.78 is 5.41. The van der Waals surface area contributed by atoms with Gasteiger partial charge in [0.15, 0.2) is 0 Å². The number of likely N-dealkylation sites (tertiary alicyclic amines) is 2. The number of nitrogens with zero attached hydrogens (tertiary/aromatic N) is 2. The molecule has 0 aliphatic carbocycles. The van der Waals surface area contributed by atoms with Crippen LogP contribution in [0.25, 0.3) is 0 Å². The van der Waals surface area contributed by atoms with Crippen LogP contribution in [0.3, 0.4) is 0 Å². The van der Waals surface area contributed by atoms with Crippen molar-refractivity contribution in [2.45, 2.75) is 56.8 Å². The van der Waals surface area contributed by atoms with Gasteiger partial charge in [0.2, 0.25) is 0 Å². The molecule has 0 saturated carbocycles. The van der Waals surface area contributed by atoms with E-state index in [2.05, 4.69) is 39.5 Å². The second-order valence-corrected chi connectivity index (χ2v) is 8.87. The number of carbonyl (C=O) groups is 1. The van der Waals surface area contributed by atoms with E-state index in [0.717, 1.165) is 57.5 Å². The number of amidine groups is 1. The molecule has 4 rings (SSSR count). The lowest BCUT2D eigenvalue weighted by molar-refractivity contribution is -0.145. The zero-order valence-corrected chi connectivity index (χ0v) is 18.1. The van der Waals surface area contributed by atoms with Crippen LogP contribution in [0.4, 0.5) is 0 Å². The Balaban J connectivity index is 1.22. The molecule has 1 aromatic carbocycles. The van der Waals surface area contributed by atoms with Crippen LogP contribution in [-0.4, -0.2) is 78.2 Å². The molecular weight excluding hydrogens is 396 g/mol. The summed E-state index contributed by atoms with van der Waals surface area (Å²) in [6, 6.07) is 8.51. The molecular formula is C23H34N4O4. The lowest BCUT2D eigenvalue weighted by Gasteiger charge is -2.32. The van der Waals surface area contributed by atoms with Crippen LogP contribution < -0.4 is 5.48 Å². The number of carboxylic acids is 1. The van der Waals surface area contributed by atoms with Crippen molar-refractivity contribution in [2.24, 2.45) is 0 Å². The van der Waals surface area contributed by atoms with Gasteiger partial charge in [-0.05, 0) is 44.1 Å². The highest BCUT2D eigenvalue weighted by Crippen LogP contribution is 2.27. The molecule has 3 heterocycles. The third kappa shape index (κ3) is 6.04. The molecule has 3 N–H and O–H groups in total. The molecule has 3 saturated heterocycles. The van der Waals surface area contributed by atoms with Gasteiger partial charge >= 0.3 is 5.97 Å². The van der Waals surface area contributed by atoms with Crippen molar-refractivity contribution in [3.8, 4) is 0 Å². The second kappa shape index (κ2) is 10.5. The van der Waals surface area contributed by atoms with Gasteiger partial charge in [-0.2, -0.15) is 5.48 Å². The number of aliphatic carboxylic acids is 1. The summed E-state index contributed by atoms with van der Waals surface area (Å²) in [5.41, 5.74) is 5.36. The largest absolute Gasteiger partial charge is 0.480 e. The van der Waals surface area contributed by atoms with Crippen LogP contribution in [0.15, 0.2) is 24.3 Å². The normalized spacial score (nSPS) is 25.6. The van der Waals surface area contributed by atoms with E-state index in [-0.39, 0.29) is 24.9 Å². The number of hydroxylamine groups is 1. The Hall–Kier alpha value is -2.00. The highest BCUT2D eigenvalue weighted by atomic mass is 16.7. The number of carboxylic acid groups (broad SMARTS) is 1. The molecule has 3 fully saturated rings. The minimum atomic E-state index is -0.907. The fourth-order valence-corrected chi connectivity index (χ4v) is 4.76. The van der Waals surface area contributed by atoms with Crippen molar-refractivity contribution in [3.63, 3.8) is 0 Å². The number of benzene rings is 1. The number of hydrogen-bond donors (Lipinski definition) is 3. The maximum Gasteiger partial charge on any atom is 0.329 e. The zero-order chi connectivity index (χ0) is 21.6. The van der Waals surface area contributed by atoms with E-state index in [1.165, 1.54) is 24.8 Å². The molecule has 0 radical (unpaired) electrons. The van der Waals surface area contributed by atoms with Crippen LogP contribution in [-0.2, 0) is 14.4 Å². The standard InChI is InChI=1S/C23H34N4O4/c24-23(27-10-2-1-3-11-27)18-6-4-17(5-7-18)21-14-20(31-25-21)15-26-12-8-19(9-13-26)30-16-22(28)29/h4-7,19-21,24-25H,1-3,8-16H2,(H,28,29). The van der Waals surface area contributed by atoms with Crippen molar-refractivity contribution >= 4 is 11.8 Å². The summed E-state index contributed by atoms with van der Waals surface area (Å²) in [7, 11) is 0. The number of ether oxygens (including phenoxy) is 1. The minimum Gasteiger partial charge on any atom is -0.480 e. The Morgan fingerprint density at radius 1 is 1.13 bits per heavy atom. The van der Waals surface area contributed by atoms with Gasteiger partial charge in [-0.1, -0.05) is 24.3 Å². The number of nitrogens with one attached hydrogen (secondary N) is 2. The first-order valence-electron chi connectivity index (χ1n) is 11.5. The first-order valence-corrected chi connectivity index (χ1v) is 11.5. The van der Waals surface area contributed by atoms with E-state index in [0.29, 0.717) is 5.84 Å². The molecule has 2 atom stereocenters. The minimum absolute atomic E-state index is 0.0462. The van der Waals surface area contributed by atoms with Crippen molar-refractivity contribution in [1.29, 1.82) is 5.41 Å². The van der Waals surface area contributed by atoms with Crippen LogP contribution in [0, 0.1) is 5.41 Å². The first-order chi connectivity index (χ1) is 15.1. The molecule has 0 spiro atoms. The highest BCUT2D eigenvalue weighted by Gasteiger charge is 2.30. The van der Waals surface area contributed by atoms with Gasteiger partial charge in [0, 0.05) is 38.3 Å². The Bertz CT molecular complexity index is 742. The molecule has 0 bridgehead atoms. The Labute approximate surface area is 184 Å². The maximum atomic E-state index is 10.6. The molecule has 8 heteroatoms. The van der Waals surface area contributed by atoms with E-state index in [1.807, 2.05) is 0 Å². The maximum absolute atomic E-state index is 10.6. The summed E-state index contributed by atoms with van der Waals surface area (Å²) in [6.07, 6.45) is 6.45. The average Bonchev–Trinajstić information content (AvgIpc) is 3.27. The molecule has 3 aliphatic heterocycles. The fraction of sp³-hybridized carbons (Fsp3) is 0.652. The predicted molar refractivity (Wildman–Crippen MR) is 117 cm³/mol. The number of piperidine rings is 2. The SMILES string of the molecule is N=C(c1ccc(C2CC(CN3CCC(OCC(=O)O)CC3)ON2)cc1)N1CCCCC1. The topological polar surface area (TPSA) is 98.1 Å². The Morgan fingerprint density at radius 2 is 1.84 bits per heavy atom. The summed E-state index contributed by atoms with van der Waals surface area (Å²) in [4.78, 5) is 21.0. The van der Waals surface area contributed by atoms with Crippen LogP contribution >= 0.6 is 0 Å². The monoisotopic (exact) mass is 430 g/mol. The smallest absolute Gasteiger partial charge is 0.329 e. The number of hydrogen-bond acceptors (Lipinski definition) is 6. The Morgan fingerprint density at radius 3 is 2.52 bits per heavy atom. The van der Waals surface area contributed by atoms with E-state index >= 15 is 0 Å². The third-order valence-electron chi connectivity index (χ3n) is 6.57. The van der Waals surface area contributed by atoms with E-state index in [9.17, 15) is 4.79 Å². The van der Waals surface area contributed by atoms with Crippen LogP contribution in [0.2, 0.25) is 0 Å². The van der Waals surface area contributed by atoms with Gasteiger partial charge < -0.3 is 19.6 Å². The van der Waals surface area contributed by atoms with Crippen molar-refractivity contribution < 1.29 is 19.5 Å². The molecule has 0 amide bonds. The lowest BCUT2D eigenvalue weighted by atomic mass is 9.99. The van der Waals surface area contributed by atoms with E-state index in [4.69, 9.17) is 20.1 Å². The van der Waals surface area contributed by atoms with Crippen LogP contribution in [0.1, 0.15) is 55.7 Å². The molecule has 1 aromatic rings. The van der Waals surface area contributed by atoms with Crippen LogP contribution in [0.5, 0.6) is 0 Å². The summed E-state index contributed by atoms with van der Waals surface area (Å²) in [5, 5.41) is 17.2. The first kappa shape index (κ1) is 22.2. The van der Waals surface area contributed by atoms with Gasteiger partial charge in [-0.15, -0.1) is 0 Å². The average molecular weight is 431 g/mol. The van der Waals surface area contributed by atoms with Crippen molar-refractivity contribution in [1.82, 2.24) is 15.3 Å². The zero-order valence-electron chi connectivity index (χ0n) is 18.1. The van der Waals surface area contributed by atoms with Gasteiger partial charge in [0.05, 0.1) is 18.2 Å². The molecule has 3 aliphatic rings. The van der Waals surface area contributed by atoms with Gasteiger partial charge in [-0.3, -0.25) is 10.2 Å². The Kier molecular flexibility index (Phi) is 7.55. The number of rotatable bonds is 7. The summed E-state index contributed by atoms with van der Waals surface area (Å²) in [5.74, 6) is -0.272. The van der Waals surface area contributed by atoms with Gasteiger partial charge in [-0.25, -0.2) is 4.79 Å². The van der Waals surface area contributed by atoms with Gasteiger partial charge in [0.1, 0.15) is 12.4 Å². The molecule has 8 nitrogen and oxygen atoms in total. The molecule has 0 aromatic heterocycles. The molecule has 170 valence electrons. The predicted octanol–water partition coefficient (Wildman–Crippen LogP) is 2.40. The summed E-state index contributed by atoms with van der Waals surface area (Å²) >= 11 is 0. The van der Waals surface area contributed by atoms with Crippen molar-refractivity contribution in [2.75, 3.05) is 39.3 Å². The van der Waals surface area contributed by atoms with E-state index < -0.39 is 5.97 Å². The quantitative estimate of drug-likeness (QED) is 0.451. The molecule has 2 unspecified atom stereocenters. The van der Waals surface area contributed by atoms with E-state index in [1.54, 1.807) is 0 Å². The highest BCUT2D eigenvalue weighted by molar-refractivity contribution is 5.96. The fourth-order valence-electron chi connectivity index (χ4n) is 4.76. The van der Waals surface area contributed by atoms with Gasteiger partial charge in [0.25, 0.3) is 0 Å². The third-order valence-corrected chi connectivity index (χ3v) is 6.57. The summed E-state index contributed by atoms with van der Waals surface area (Å²) in [6.45, 7) is 4.45.